The van der Waals surface area contributed by atoms with E-state index in [1.807, 2.05) is 44.4 Å². The van der Waals surface area contributed by atoms with Gasteiger partial charge in [-0.1, -0.05) is 12.1 Å². The number of aromatic nitrogens is 2. The highest BCUT2D eigenvalue weighted by atomic mass is 16.5. The summed E-state index contributed by atoms with van der Waals surface area (Å²) in [5.74, 6) is 0.816. The molecule has 0 aliphatic carbocycles. The molecule has 2 amide bonds. The lowest BCUT2D eigenvalue weighted by Crippen LogP contribution is -2.40. The Morgan fingerprint density at radius 2 is 2.00 bits per heavy atom. The number of methoxy groups -OCH3 is 1. The summed E-state index contributed by atoms with van der Waals surface area (Å²) < 4.78 is 5.17. The molecule has 0 saturated carbocycles. The highest BCUT2D eigenvalue weighted by molar-refractivity contribution is 5.73. The van der Waals surface area contributed by atoms with Crippen LogP contribution in [0.2, 0.25) is 0 Å². The number of hydrogen-bond donors (Lipinski definition) is 3. The third-order valence-corrected chi connectivity index (χ3v) is 3.58. The average molecular weight is 317 g/mol. The van der Waals surface area contributed by atoms with Crippen LogP contribution in [0.1, 0.15) is 17.3 Å². The van der Waals surface area contributed by atoms with Gasteiger partial charge in [0.2, 0.25) is 0 Å². The molecule has 2 aromatic rings. The van der Waals surface area contributed by atoms with Crippen molar-refractivity contribution in [3.8, 4) is 5.75 Å². The van der Waals surface area contributed by atoms with E-state index in [0.29, 0.717) is 13.1 Å². The van der Waals surface area contributed by atoms with Crippen molar-refractivity contribution in [2.75, 3.05) is 27.7 Å². The van der Waals surface area contributed by atoms with Gasteiger partial charge >= 0.3 is 6.03 Å². The monoisotopic (exact) mass is 317 g/mol. The average Bonchev–Trinajstić information content (AvgIpc) is 3.07. The summed E-state index contributed by atoms with van der Waals surface area (Å²) in [5.41, 5.74) is 1.98. The number of nitrogens with zero attached hydrogens (tertiary/aromatic N) is 2. The maximum absolute atomic E-state index is 11.9. The van der Waals surface area contributed by atoms with Crippen LogP contribution in [0.4, 0.5) is 4.79 Å². The second-order valence-electron chi connectivity index (χ2n) is 5.40. The van der Waals surface area contributed by atoms with Crippen LogP contribution in [-0.4, -0.2) is 48.9 Å². The molecule has 1 unspecified atom stereocenters. The molecule has 1 aromatic carbocycles. The lowest BCUT2D eigenvalue weighted by atomic mass is 10.1. The molecule has 124 valence electrons. The van der Waals surface area contributed by atoms with E-state index in [9.17, 15) is 4.79 Å². The van der Waals surface area contributed by atoms with Gasteiger partial charge < -0.3 is 20.3 Å². The Labute approximate surface area is 136 Å². The standard InChI is InChI=1S/C16H23N5O2/c1-21(2)15(12-4-6-14(23-3)7-5-12)11-18-16(22)17-10-13-8-9-19-20-13/h4-9,15H,10-11H2,1-3H3,(H,19,20)(H2,17,18,22). The molecule has 0 spiro atoms. The Morgan fingerprint density at radius 1 is 1.26 bits per heavy atom. The van der Waals surface area contributed by atoms with E-state index in [1.165, 1.54) is 0 Å². The van der Waals surface area contributed by atoms with Crippen LogP contribution in [0, 0.1) is 0 Å². The number of hydrogen-bond acceptors (Lipinski definition) is 4. The lowest BCUT2D eigenvalue weighted by Gasteiger charge is -2.25. The minimum atomic E-state index is -0.208. The first-order valence-electron chi connectivity index (χ1n) is 7.40. The van der Waals surface area contributed by atoms with Crippen molar-refractivity contribution in [3.63, 3.8) is 0 Å². The van der Waals surface area contributed by atoms with Crippen molar-refractivity contribution >= 4 is 6.03 Å². The summed E-state index contributed by atoms with van der Waals surface area (Å²) in [5, 5.41) is 12.3. The molecule has 7 nitrogen and oxygen atoms in total. The molecule has 0 aliphatic rings. The highest BCUT2D eigenvalue weighted by Crippen LogP contribution is 2.20. The zero-order chi connectivity index (χ0) is 16.7. The van der Waals surface area contributed by atoms with Crippen LogP contribution < -0.4 is 15.4 Å². The fraction of sp³-hybridized carbons (Fsp3) is 0.375. The van der Waals surface area contributed by atoms with E-state index >= 15 is 0 Å². The fourth-order valence-corrected chi connectivity index (χ4v) is 2.24. The molecule has 0 bridgehead atoms. The number of H-pyrrole nitrogens is 1. The maximum atomic E-state index is 11.9. The van der Waals surface area contributed by atoms with Gasteiger partial charge in [-0.3, -0.25) is 5.10 Å². The normalized spacial score (nSPS) is 12.0. The molecule has 1 aromatic heterocycles. The molecule has 0 radical (unpaired) electrons. The number of rotatable bonds is 7. The predicted molar refractivity (Wildman–Crippen MR) is 88.2 cm³/mol. The van der Waals surface area contributed by atoms with Gasteiger partial charge in [0, 0.05) is 12.7 Å². The minimum absolute atomic E-state index is 0.0822. The number of benzene rings is 1. The molecule has 0 aliphatic heterocycles. The minimum Gasteiger partial charge on any atom is -0.497 e. The molecule has 1 atom stereocenters. The van der Waals surface area contributed by atoms with Crippen LogP contribution in [0.3, 0.4) is 0 Å². The van der Waals surface area contributed by atoms with E-state index in [4.69, 9.17) is 4.74 Å². The number of carbonyl (C=O) groups is 1. The van der Waals surface area contributed by atoms with Gasteiger partial charge in [0.05, 0.1) is 25.4 Å². The predicted octanol–water partition coefficient (Wildman–Crippen LogP) is 1.52. The first-order valence-corrected chi connectivity index (χ1v) is 7.40. The molecular formula is C16H23N5O2. The topological polar surface area (TPSA) is 82.3 Å². The van der Waals surface area contributed by atoms with Gasteiger partial charge in [-0.2, -0.15) is 5.10 Å². The van der Waals surface area contributed by atoms with E-state index < -0.39 is 0 Å². The lowest BCUT2D eigenvalue weighted by molar-refractivity contribution is 0.232. The van der Waals surface area contributed by atoms with Crippen molar-refractivity contribution in [3.05, 3.63) is 47.8 Å². The van der Waals surface area contributed by atoms with E-state index in [2.05, 4.69) is 25.7 Å². The number of nitrogens with one attached hydrogen (secondary N) is 3. The number of urea groups is 1. The summed E-state index contributed by atoms with van der Waals surface area (Å²) in [6.07, 6.45) is 1.65. The third-order valence-electron chi connectivity index (χ3n) is 3.58. The number of aromatic amines is 1. The quantitative estimate of drug-likeness (QED) is 0.723. The first kappa shape index (κ1) is 16.8. The van der Waals surface area contributed by atoms with Gasteiger partial charge in [0.1, 0.15) is 5.75 Å². The van der Waals surface area contributed by atoms with Gasteiger partial charge in [-0.15, -0.1) is 0 Å². The van der Waals surface area contributed by atoms with Crippen molar-refractivity contribution < 1.29 is 9.53 Å². The molecule has 7 heteroatoms. The first-order chi connectivity index (χ1) is 11.1. The summed E-state index contributed by atoms with van der Waals surface area (Å²) in [6.45, 7) is 0.926. The largest absolute Gasteiger partial charge is 0.497 e. The van der Waals surface area contributed by atoms with Crippen LogP contribution in [0.15, 0.2) is 36.5 Å². The van der Waals surface area contributed by atoms with Gasteiger partial charge in [0.15, 0.2) is 0 Å². The van der Waals surface area contributed by atoms with Crippen molar-refractivity contribution in [2.45, 2.75) is 12.6 Å². The van der Waals surface area contributed by atoms with Crippen LogP contribution >= 0.6 is 0 Å². The third kappa shape index (κ3) is 5.00. The SMILES string of the molecule is COc1ccc(C(CNC(=O)NCc2ccn[nH]2)N(C)C)cc1. The number of ether oxygens (including phenoxy) is 1. The number of likely N-dealkylation sites (N-methyl/N-ethyl adjacent to an activating group) is 1. The maximum Gasteiger partial charge on any atom is 0.315 e. The summed E-state index contributed by atoms with van der Waals surface area (Å²) >= 11 is 0. The number of amides is 2. The molecule has 23 heavy (non-hydrogen) atoms. The number of carbonyl (C=O) groups excluding carboxylic acids is 1. The Kier molecular flexibility index (Phi) is 5.99. The molecule has 0 fully saturated rings. The zero-order valence-electron chi connectivity index (χ0n) is 13.7. The molecule has 3 N–H and O–H groups in total. The smallest absolute Gasteiger partial charge is 0.315 e. The fourth-order valence-electron chi connectivity index (χ4n) is 2.24. The van der Waals surface area contributed by atoms with Crippen molar-refractivity contribution in [1.29, 1.82) is 0 Å². The Morgan fingerprint density at radius 3 is 2.57 bits per heavy atom. The van der Waals surface area contributed by atoms with Gasteiger partial charge in [-0.25, -0.2) is 4.79 Å². The second-order valence-corrected chi connectivity index (χ2v) is 5.40. The van der Waals surface area contributed by atoms with Crippen LogP contribution in [0.5, 0.6) is 5.75 Å². The highest BCUT2D eigenvalue weighted by Gasteiger charge is 2.15. The zero-order valence-corrected chi connectivity index (χ0v) is 13.7. The van der Waals surface area contributed by atoms with Gasteiger partial charge in [0.25, 0.3) is 0 Å². The molecular weight excluding hydrogens is 294 g/mol. The Balaban J connectivity index is 1.87. The molecule has 0 saturated heterocycles. The van der Waals surface area contributed by atoms with E-state index in [-0.39, 0.29) is 12.1 Å². The second kappa shape index (κ2) is 8.19. The van der Waals surface area contributed by atoms with Crippen molar-refractivity contribution in [2.24, 2.45) is 0 Å². The summed E-state index contributed by atoms with van der Waals surface area (Å²) in [6, 6.07) is 9.55. The molecule has 2 rings (SSSR count). The summed E-state index contributed by atoms with van der Waals surface area (Å²) in [4.78, 5) is 14.0. The van der Waals surface area contributed by atoms with E-state index in [1.54, 1.807) is 13.3 Å². The van der Waals surface area contributed by atoms with E-state index in [0.717, 1.165) is 17.0 Å². The summed E-state index contributed by atoms with van der Waals surface area (Å²) in [7, 11) is 5.61. The van der Waals surface area contributed by atoms with Crippen LogP contribution in [-0.2, 0) is 6.54 Å². The Bertz CT molecular complexity index is 595. The molecule has 1 heterocycles. The van der Waals surface area contributed by atoms with Crippen molar-refractivity contribution in [1.82, 2.24) is 25.7 Å². The Hall–Kier alpha value is -2.54. The van der Waals surface area contributed by atoms with Crippen LogP contribution in [0.25, 0.3) is 0 Å². The van der Waals surface area contributed by atoms with Gasteiger partial charge in [-0.05, 0) is 37.9 Å².